The minimum Gasteiger partial charge on any atom is -0.337 e. The number of hydrogen-bond acceptors (Lipinski definition) is 2. The minimum absolute atomic E-state index is 0.126. The standard InChI is InChI=1S/C17H13IN2O2/c18-13-5-7-14(8-6-13)19-17(22)10-20-9-12(11-21)15-3-1-2-4-16(15)20/h1-9,11H,10H2,(H,19,22). The van der Waals surface area contributed by atoms with E-state index in [0.29, 0.717) is 5.56 Å². The first-order valence-corrected chi connectivity index (χ1v) is 7.84. The molecule has 0 fully saturated rings. The van der Waals surface area contributed by atoms with Gasteiger partial charge in [-0.25, -0.2) is 0 Å². The van der Waals surface area contributed by atoms with Gasteiger partial charge in [0.05, 0.1) is 0 Å². The van der Waals surface area contributed by atoms with Crippen molar-refractivity contribution in [2.24, 2.45) is 0 Å². The van der Waals surface area contributed by atoms with Gasteiger partial charge in [-0.15, -0.1) is 0 Å². The molecular formula is C17H13IN2O2. The quantitative estimate of drug-likeness (QED) is 0.533. The van der Waals surface area contributed by atoms with Gasteiger partial charge < -0.3 is 9.88 Å². The maximum atomic E-state index is 12.2. The zero-order valence-electron chi connectivity index (χ0n) is 11.6. The molecule has 1 aromatic heterocycles. The van der Waals surface area contributed by atoms with Crippen LogP contribution in [0.15, 0.2) is 54.7 Å². The van der Waals surface area contributed by atoms with E-state index in [-0.39, 0.29) is 12.5 Å². The second kappa shape index (κ2) is 6.31. The summed E-state index contributed by atoms with van der Waals surface area (Å²) in [6, 6.07) is 15.2. The Hall–Kier alpha value is -2.15. The van der Waals surface area contributed by atoms with Crippen LogP contribution in [0.5, 0.6) is 0 Å². The molecule has 0 aliphatic rings. The van der Waals surface area contributed by atoms with Crippen LogP contribution in [0.4, 0.5) is 5.69 Å². The van der Waals surface area contributed by atoms with Gasteiger partial charge >= 0.3 is 0 Å². The second-order valence-corrected chi connectivity index (χ2v) is 6.15. The summed E-state index contributed by atoms with van der Waals surface area (Å²) in [4.78, 5) is 23.3. The van der Waals surface area contributed by atoms with Crippen LogP contribution in [-0.4, -0.2) is 16.8 Å². The largest absolute Gasteiger partial charge is 0.337 e. The Morgan fingerprint density at radius 2 is 1.86 bits per heavy atom. The number of para-hydroxylation sites is 1. The molecule has 0 aliphatic carbocycles. The summed E-state index contributed by atoms with van der Waals surface area (Å²) in [7, 11) is 0. The van der Waals surface area contributed by atoms with Crippen molar-refractivity contribution >= 4 is 51.4 Å². The lowest BCUT2D eigenvalue weighted by atomic mass is 10.2. The third kappa shape index (κ3) is 3.04. The molecule has 4 nitrogen and oxygen atoms in total. The number of halogens is 1. The van der Waals surface area contributed by atoms with Crippen LogP contribution in [0.2, 0.25) is 0 Å². The van der Waals surface area contributed by atoms with Crippen molar-refractivity contribution in [3.8, 4) is 0 Å². The molecule has 0 spiro atoms. The number of nitrogens with zero attached hydrogens (tertiary/aromatic N) is 1. The van der Waals surface area contributed by atoms with Crippen LogP contribution < -0.4 is 5.32 Å². The summed E-state index contributed by atoms with van der Waals surface area (Å²) in [5.74, 6) is -0.126. The molecule has 110 valence electrons. The van der Waals surface area contributed by atoms with Crippen LogP contribution >= 0.6 is 22.6 Å². The predicted octanol–water partition coefficient (Wildman–Crippen LogP) is 3.70. The fourth-order valence-corrected chi connectivity index (χ4v) is 2.75. The highest BCUT2D eigenvalue weighted by Gasteiger charge is 2.10. The van der Waals surface area contributed by atoms with E-state index in [1.54, 1.807) is 10.8 Å². The fourth-order valence-electron chi connectivity index (χ4n) is 2.39. The molecule has 0 saturated carbocycles. The van der Waals surface area contributed by atoms with E-state index in [9.17, 15) is 9.59 Å². The molecule has 0 radical (unpaired) electrons. The smallest absolute Gasteiger partial charge is 0.244 e. The van der Waals surface area contributed by atoms with Crippen molar-refractivity contribution < 1.29 is 9.59 Å². The molecule has 5 heteroatoms. The number of hydrogen-bond donors (Lipinski definition) is 1. The molecule has 1 amide bonds. The Balaban J connectivity index is 1.82. The van der Waals surface area contributed by atoms with E-state index in [1.165, 1.54) is 0 Å². The second-order valence-electron chi connectivity index (χ2n) is 4.90. The maximum Gasteiger partial charge on any atom is 0.244 e. The van der Waals surface area contributed by atoms with Gasteiger partial charge in [0.2, 0.25) is 5.91 Å². The molecule has 0 aliphatic heterocycles. The van der Waals surface area contributed by atoms with Crippen molar-refractivity contribution in [3.63, 3.8) is 0 Å². The number of aldehydes is 1. The monoisotopic (exact) mass is 404 g/mol. The number of rotatable bonds is 4. The van der Waals surface area contributed by atoms with Gasteiger partial charge in [0.25, 0.3) is 0 Å². The zero-order valence-corrected chi connectivity index (χ0v) is 13.8. The number of anilines is 1. The Morgan fingerprint density at radius 1 is 1.14 bits per heavy atom. The maximum absolute atomic E-state index is 12.2. The molecule has 0 atom stereocenters. The summed E-state index contributed by atoms with van der Waals surface area (Å²) in [6.45, 7) is 0.167. The predicted molar refractivity (Wildman–Crippen MR) is 95.1 cm³/mol. The lowest BCUT2D eigenvalue weighted by molar-refractivity contribution is -0.116. The lowest BCUT2D eigenvalue weighted by Gasteiger charge is -2.07. The van der Waals surface area contributed by atoms with Gasteiger partial charge in [0, 0.05) is 31.9 Å². The van der Waals surface area contributed by atoms with Crippen LogP contribution in [0.3, 0.4) is 0 Å². The van der Waals surface area contributed by atoms with E-state index >= 15 is 0 Å². The Bertz CT molecular complexity index is 837. The highest BCUT2D eigenvalue weighted by atomic mass is 127. The van der Waals surface area contributed by atoms with E-state index < -0.39 is 0 Å². The van der Waals surface area contributed by atoms with Gasteiger partial charge in [-0.05, 0) is 52.9 Å². The van der Waals surface area contributed by atoms with Crippen LogP contribution in [0.1, 0.15) is 10.4 Å². The number of fused-ring (bicyclic) bond motifs is 1. The van der Waals surface area contributed by atoms with Crippen LogP contribution in [0, 0.1) is 3.57 Å². The van der Waals surface area contributed by atoms with Crippen LogP contribution in [-0.2, 0) is 11.3 Å². The minimum atomic E-state index is -0.126. The van der Waals surface area contributed by atoms with Gasteiger partial charge in [-0.2, -0.15) is 0 Å². The first-order chi connectivity index (χ1) is 10.7. The third-order valence-electron chi connectivity index (χ3n) is 3.39. The van der Waals surface area contributed by atoms with Crippen molar-refractivity contribution in [1.29, 1.82) is 0 Å². The molecule has 0 saturated heterocycles. The van der Waals surface area contributed by atoms with E-state index in [4.69, 9.17) is 0 Å². The topological polar surface area (TPSA) is 51.1 Å². The summed E-state index contributed by atoms with van der Waals surface area (Å²) in [5, 5.41) is 3.72. The van der Waals surface area contributed by atoms with Crippen molar-refractivity contribution in [2.45, 2.75) is 6.54 Å². The third-order valence-corrected chi connectivity index (χ3v) is 4.11. The van der Waals surface area contributed by atoms with E-state index in [2.05, 4.69) is 27.9 Å². The number of carbonyl (C=O) groups excluding carboxylic acids is 2. The molecule has 0 bridgehead atoms. The van der Waals surface area contributed by atoms with Gasteiger partial charge in [-0.3, -0.25) is 9.59 Å². The number of amides is 1. The Kier molecular flexibility index (Phi) is 4.24. The van der Waals surface area contributed by atoms with Gasteiger partial charge in [0.1, 0.15) is 6.54 Å². The van der Waals surface area contributed by atoms with E-state index in [1.807, 2.05) is 48.5 Å². The fraction of sp³-hybridized carbons (Fsp3) is 0.0588. The summed E-state index contributed by atoms with van der Waals surface area (Å²) in [5.41, 5.74) is 2.23. The van der Waals surface area contributed by atoms with E-state index in [0.717, 1.165) is 26.4 Å². The number of aromatic nitrogens is 1. The molecule has 2 aromatic carbocycles. The zero-order chi connectivity index (χ0) is 15.5. The number of nitrogens with one attached hydrogen (secondary N) is 1. The summed E-state index contributed by atoms with van der Waals surface area (Å²) < 4.78 is 2.91. The molecule has 1 N–H and O–H groups in total. The molecule has 0 unspecified atom stereocenters. The van der Waals surface area contributed by atoms with Crippen molar-refractivity contribution in [2.75, 3.05) is 5.32 Å². The lowest BCUT2D eigenvalue weighted by Crippen LogP contribution is -2.18. The highest BCUT2D eigenvalue weighted by molar-refractivity contribution is 14.1. The number of benzene rings is 2. The Morgan fingerprint density at radius 3 is 2.59 bits per heavy atom. The van der Waals surface area contributed by atoms with Gasteiger partial charge in [-0.1, -0.05) is 18.2 Å². The average molecular weight is 404 g/mol. The molecular weight excluding hydrogens is 391 g/mol. The van der Waals surface area contributed by atoms with Crippen LogP contribution in [0.25, 0.3) is 10.9 Å². The molecule has 22 heavy (non-hydrogen) atoms. The van der Waals surface area contributed by atoms with Crippen molar-refractivity contribution in [3.05, 3.63) is 63.9 Å². The average Bonchev–Trinajstić information content (AvgIpc) is 2.88. The first-order valence-electron chi connectivity index (χ1n) is 6.76. The summed E-state index contributed by atoms with van der Waals surface area (Å²) >= 11 is 2.22. The normalized spacial score (nSPS) is 10.6. The summed E-state index contributed by atoms with van der Waals surface area (Å²) in [6.07, 6.45) is 2.53. The number of carbonyl (C=O) groups is 2. The Labute approximate surface area is 141 Å². The molecule has 1 heterocycles. The SMILES string of the molecule is O=Cc1cn(CC(=O)Nc2ccc(I)cc2)c2ccccc12. The first kappa shape index (κ1) is 14.8. The molecule has 3 rings (SSSR count). The molecule has 3 aromatic rings. The van der Waals surface area contributed by atoms with Crippen molar-refractivity contribution in [1.82, 2.24) is 4.57 Å². The van der Waals surface area contributed by atoms with Gasteiger partial charge in [0.15, 0.2) is 6.29 Å². The highest BCUT2D eigenvalue weighted by Crippen LogP contribution is 2.20.